The summed E-state index contributed by atoms with van der Waals surface area (Å²) in [5, 5.41) is 22.3. The third-order valence-electron chi connectivity index (χ3n) is 5.94. The van der Waals surface area contributed by atoms with Gasteiger partial charge < -0.3 is 10.3 Å². The Labute approximate surface area is 218 Å². The first-order chi connectivity index (χ1) is 17.0. The van der Waals surface area contributed by atoms with Gasteiger partial charge >= 0.3 is 0 Å². The summed E-state index contributed by atoms with van der Waals surface area (Å²) in [6, 6.07) is 17.9. The zero-order valence-electron chi connectivity index (χ0n) is 18.4. The predicted molar refractivity (Wildman–Crippen MR) is 143 cm³/mol. The van der Waals surface area contributed by atoms with E-state index < -0.39 is 0 Å². The molecule has 11 heteroatoms. The van der Waals surface area contributed by atoms with E-state index in [2.05, 4.69) is 78.6 Å². The van der Waals surface area contributed by atoms with E-state index in [1.165, 1.54) is 0 Å². The molecule has 0 atom stereocenters. The Kier molecular flexibility index (Phi) is 5.43. The molecule has 0 amide bonds. The van der Waals surface area contributed by atoms with Crippen molar-refractivity contribution >= 4 is 50.9 Å². The fraction of sp³-hybridized carbons (Fsp3) is 0.0833. The summed E-state index contributed by atoms with van der Waals surface area (Å²) in [6.07, 6.45) is 1.67. The monoisotopic (exact) mass is 593 g/mol. The molecule has 0 radical (unpaired) electrons. The van der Waals surface area contributed by atoms with E-state index >= 15 is 0 Å². The maximum atomic E-state index is 6.42. The van der Waals surface area contributed by atoms with Crippen LogP contribution in [-0.2, 0) is 13.6 Å². The van der Waals surface area contributed by atoms with Crippen molar-refractivity contribution in [2.75, 3.05) is 0 Å². The lowest BCUT2D eigenvalue weighted by atomic mass is 9.89. The second kappa shape index (κ2) is 8.63. The van der Waals surface area contributed by atoms with Gasteiger partial charge in [0.05, 0.1) is 11.2 Å². The van der Waals surface area contributed by atoms with Crippen molar-refractivity contribution in [1.29, 1.82) is 0 Å². The van der Waals surface area contributed by atoms with Crippen molar-refractivity contribution in [2.24, 2.45) is 12.8 Å². The minimum absolute atomic E-state index is 0.280. The van der Waals surface area contributed by atoms with Crippen LogP contribution >= 0.6 is 34.2 Å². The van der Waals surface area contributed by atoms with Crippen LogP contribution < -0.4 is 5.73 Å². The van der Waals surface area contributed by atoms with Gasteiger partial charge in [-0.25, -0.2) is 4.98 Å². The Hall–Kier alpha value is -3.48. The fourth-order valence-corrected chi connectivity index (χ4v) is 4.93. The third kappa shape index (κ3) is 3.65. The standard InChI is InChI=1S/C24H17ClIN9/c1-34-12-28-30-23(34)20-18(11-27)17(13-5-7-16(26)8-6-13)10-19-21(20)22(14-3-2-4-15(25)9-14)29-24-31-32-33-35(19)24/h2-10,12H,11,27H2,1H3. The van der Waals surface area contributed by atoms with Crippen molar-refractivity contribution in [2.45, 2.75) is 6.54 Å². The van der Waals surface area contributed by atoms with Crippen LogP contribution in [-0.4, -0.2) is 39.8 Å². The minimum Gasteiger partial charge on any atom is -0.326 e. The predicted octanol–water partition coefficient (Wildman–Crippen LogP) is 4.52. The molecule has 3 aromatic carbocycles. The molecule has 3 heterocycles. The lowest BCUT2D eigenvalue weighted by Gasteiger charge is -2.19. The number of tetrazole rings is 1. The lowest BCUT2D eigenvalue weighted by molar-refractivity contribution is 0.840. The van der Waals surface area contributed by atoms with Gasteiger partial charge in [-0.15, -0.1) is 10.2 Å². The van der Waals surface area contributed by atoms with Gasteiger partial charge in [0.15, 0.2) is 5.82 Å². The molecule has 9 nitrogen and oxygen atoms in total. The Morgan fingerprint density at radius 1 is 1.03 bits per heavy atom. The number of aryl methyl sites for hydroxylation is 1. The molecule has 35 heavy (non-hydrogen) atoms. The molecule has 0 bridgehead atoms. The van der Waals surface area contributed by atoms with Crippen LogP contribution in [0.4, 0.5) is 0 Å². The van der Waals surface area contributed by atoms with E-state index in [0.717, 1.165) is 42.3 Å². The van der Waals surface area contributed by atoms with E-state index in [1.54, 1.807) is 10.8 Å². The largest absolute Gasteiger partial charge is 0.326 e. The summed E-state index contributed by atoms with van der Waals surface area (Å²) in [5.74, 6) is 1.05. The topological polar surface area (TPSA) is 113 Å². The maximum absolute atomic E-state index is 6.42. The van der Waals surface area contributed by atoms with Gasteiger partial charge in [-0.3, -0.25) is 0 Å². The smallest absolute Gasteiger partial charge is 0.274 e. The Bertz CT molecular complexity index is 1720. The molecule has 0 spiro atoms. The number of nitrogens with zero attached hydrogens (tertiary/aromatic N) is 8. The number of rotatable bonds is 4. The summed E-state index contributed by atoms with van der Waals surface area (Å²) in [5.41, 5.74) is 12.5. The van der Waals surface area contributed by atoms with Crippen LogP contribution in [0.5, 0.6) is 0 Å². The van der Waals surface area contributed by atoms with Crippen LogP contribution in [0.25, 0.3) is 50.5 Å². The first kappa shape index (κ1) is 22.0. The molecular weight excluding hydrogens is 577 g/mol. The molecule has 6 rings (SSSR count). The molecule has 0 unspecified atom stereocenters. The summed E-state index contributed by atoms with van der Waals surface area (Å²) in [7, 11) is 1.90. The molecule has 3 aromatic heterocycles. The first-order valence-corrected chi connectivity index (χ1v) is 12.1. The van der Waals surface area contributed by atoms with E-state index in [0.29, 0.717) is 22.3 Å². The van der Waals surface area contributed by atoms with Gasteiger partial charge in [-0.05, 0) is 80.0 Å². The molecule has 0 saturated carbocycles. The van der Waals surface area contributed by atoms with Crippen molar-refractivity contribution in [3.8, 4) is 33.8 Å². The van der Waals surface area contributed by atoms with Crippen molar-refractivity contribution in [1.82, 2.24) is 39.8 Å². The average Bonchev–Trinajstić information content (AvgIpc) is 3.51. The summed E-state index contributed by atoms with van der Waals surface area (Å²) in [6.45, 7) is 0.280. The highest BCUT2D eigenvalue weighted by Crippen LogP contribution is 2.42. The van der Waals surface area contributed by atoms with Gasteiger partial charge in [0.1, 0.15) is 6.33 Å². The normalized spacial score (nSPS) is 11.5. The number of hydrogen-bond donors (Lipinski definition) is 1. The second-order valence-corrected chi connectivity index (χ2v) is 9.69. The molecule has 0 fully saturated rings. The number of fused-ring (bicyclic) bond motifs is 3. The lowest BCUT2D eigenvalue weighted by Crippen LogP contribution is -2.08. The van der Waals surface area contributed by atoms with Crippen LogP contribution in [0.1, 0.15) is 5.56 Å². The highest BCUT2D eigenvalue weighted by atomic mass is 127. The average molecular weight is 594 g/mol. The quantitative estimate of drug-likeness (QED) is 0.299. The van der Waals surface area contributed by atoms with Crippen LogP contribution in [0, 0.1) is 3.57 Å². The second-order valence-electron chi connectivity index (χ2n) is 8.01. The van der Waals surface area contributed by atoms with Gasteiger partial charge in [-0.2, -0.15) is 4.52 Å². The van der Waals surface area contributed by atoms with Crippen LogP contribution in [0.15, 0.2) is 60.9 Å². The Balaban J connectivity index is 1.85. The Morgan fingerprint density at radius 3 is 2.57 bits per heavy atom. The zero-order valence-corrected chi connectivity index (χ0v) is 21.3. The van der Waals surface area contributed by atoms with Crippen molar-refractivity contribution < 1.29 is 0 Å². The number of benzene rings is 3. The third-order valence-corrected chi connectivity index (χ3v) is 6.89. The SMILES string of the molecule is Cn1cnnc1-c1c(CN)c(-c2ccc(I)cc2)cc2c1c(-c1cccc(Cl)c1)nc1nnnn12. The first-order valence-electron chi connectivity index (χ1n) is 10.7. The highest BCUT2D eigenvalue weighted by molar-refractivity contribution is 14.1. The number of halogens is 2. The van der Waals surface area contributed by atoms with E-state index in [4.69, 9.17) is 22.3 Å². The number of nitrogens with two attached hydrogens (primary N) is 1. The number of aromatic nitrogens is 8. The Morgan fingerprint density at radius 2 is 1.86 bits per heavy atom. The summed E-state index contributed by atoms with van der Waals surface area (Å²) < 4.78 is 4.65. The van der Waals surface area contributed by atoms with Crippen molar-refractivity contribution in [3.05, 3.63) is 75.1 Å². The van der Waals surface area contributed by atoms with Gasteiger partial charge in [-0.1, -0.05) is 41.0 Å². The molecule has 0 aliphatic heterocycles. The van der Waals surface area contributed by atoms with Gasteiger partial charge in [0.25, 0.3) is 5.78 Å². The fourth-order valence-electron chi connectivity index (χ4n) is 4.38. The van der Waals surface area contributed by atoms with Crippen molar-refractivity contribution in [3.63, 3.8) is 0 Å². The van der Waals surface area contributed by atoms with Gasteiger partial charge in [0.2, 0.25) is 0 Å². The molecular formula is C24H17ClIN9. The van der Waals surface area contributed by atoms with E-state index in [-0.39, 0.29) is 6.54 Å². The van der Waals surface area contributed by atoms with Crippen LogP contribution in [0.2, 0.25) is 5.02 Å². The molecule has 172 valence electrons. The molecule has 0 aliphatic carbocycles. The summed E-state index contributed by atoms with van der Waals surface area (Å²) in [4.78, 5) is 4.83. The number of hydrogen-bond acceptors (Lipinski definition) is 7. The van der Waals surface area contributed by atoms with E-state index in [1.807, 2.05) is 35.9 Å². The zero-order chi connectivity index (χ0) is 24.1. The molecule has 2 N–H and O–H groups in total. The van der Waals surface area contributed by atoms with Crippen LogP contribution in [0.3, 0.4) is 0 Å². The minimum atomic E-state index is 0.280. The molecule has 0 saturated heterocycles. The van der Waals surface area contributed by atoms with E-state index in [9.17, 15) is 0 Å². The highest BCUT2D eigenvalue weighted by Gasteiger charge is 2.25. The maximum Gasteiger partial charge on any atom is 0.274 e. The summed E-state index contributed by atoms with van der Waals surface area (Å²) >= 11 is 8.66. The molecule has 0 aliphatic rings. The van der Waals surface area contributed by atoms with Gasteiger partial charge in [0, 0.05) is 38.7 Å². The molecule has 6 aromatic rings.